The number of nitro groups is 1. The topological polar surface area (TPSA) is 141 Å². The van der Waals surface area contributed by atoms with Crippen LogP contribution in [-0.4, -0.2) is 37.3 Å². The molecule has 0 aliphatic carbocycles. The number of hydrazone groups is 1. The van der Waals surface area contributed by atoms with Gasteiger partial charge in [0.25, 0.3) is 11.6 Å². The second-order valence-electron chi connectivity index (χ2n) is 6.31. The summed E-state index contributed by atoms with van der Waals surface area (Å²) in [6.07, 6.45) is 1.34. The Labute approximate surface area is 175 Å². The molecule has 2 aromatic heterocycles. The highest BCUT2D eigenvalue weighted by molar-refractivity contribution is 5.80. The van der Waals surface area contributed by atoms with Crippen molar-refractivity contribution in [2.24, 2.45) is 5.10 Å². The minimum Gasteiger partial charge on any atom is -0.455 e. The number of non-ortho nitro benzene ring substituents is 1. The van der Waals surface area contributed by atoms with Crippen LogP contribution in [0.5, 0.6) is 0 Å². The average molecular weight is 417 g/mol. The van der Waals surface area contributed by atoms with Gasteiger partial charge in [0.15, 0.2) is 0 Å². The minimum absolute atomic E-state index is 0.00225. The molecular formula is C20H15N7O4. The van der Waals surface area contributed by atoms with E-state index in [0.29, 0.717) is 22.9 Å². The number of hydrogen-bond donors (Lipinski definition) is 1. The monoisotopic (exact) mass is 417 g/mol. The summed E-state index contributed by atoms with van der Waals surface area (Å²) in [4.78, 5) is 23.5. The van der Waals surface area contributed by atoms with Crippen LogP contribution in [-0.2, 0) is 11.3 Å². The molecule has 1 N–H and O–H groups in total. The summed E-state index contributed by atoms with van der Waals surface area (Å²) in [5, 5.41) is 26.5. The summed E-state index contributed by atoms with van der Waals surface area (Å²) < 4.78 is 5.61. The van der Waals surface area contributed by atoms with Crippen molar-refractivity contribution in [3.63, 3.8) is 0 Å². The molecule has 0 atom stereocenters. The van der Waals surface area contributed by atoms with Crippen molar-refractivity contribution in [1.29, 1.82) is 0 Å². The molecule has 31 heavy (non-hydrogen) atoms. The Kier molecular flexibility index (Phi) is 5.56. The number of carbonyl (C=O) groups is 1. The van der Waals surface area contributed by atoms with Crippen LogP contribution in [0.4, 0.5) is 5.69 Å². The number of nitro benzene ring substituents is 1. The summed E-state index contributed by atoms with van der Waals surface area (Å²) in [5.74, 6) is 0.906. The van der Waals surface area contributed by atoms with Crippen molar-refractivity contribution >= 4 is 17.8 Å². The second-order valence-corrected chi connectivity index (χ2v) is 6.31. The lowest BCUT2D eigenvalue weighted by Gasteiger charge is -1.98. The maximum absolute atomic E-state index is 12.0. The van der Waals surface area contributed by atoms with E-state index < -0.39 is 10.8 Å². The number of rotatable bonds is 7. The van der Waals surface area contributed by atoms with Gasteiger partial charge in [-0.25, -0.2) is 5.43 Å². The van der Waals surface area contributed by atoms with Crippen molar-refractivity contribution in [2.45, 2.75) is 6.54 Å². The van der Waals surface area contributed by atoms with Gasteiger partial charge in [0.2, 0.25) is 5.82 Å². The van der Waals surface area contributed by atoms with Gasteiger partial charge in [-0.15, -0.1) is 10.2 Å². The molecule has 1 amide bonds. The van der Waals surface area contributed by atoms with E-state index in [-0.39, 0.29) is 12.2 Å². The molecule has 11 heteroatoms. The van der Waals surface area contributed by atoms with Gasteiger partial charge >= 0.3 is 0 Å². The normalized spacial score (nSPS) is 11.0. The first-order valence-electron chi connectivity index (χ1n) is 9.08. The Hall–Kier alpha value is -4.67. The van der Waals surface area contributed by atoms with Gasteiger partial charge < -0.3 is 4.42 Å². The number of furan rings is 1. The van der Waals surface area contributed by atoms with Crippen molar-refractivity contribution < 1.29 is 14.1 Å². The number of carbonyl (C=O) groups excluding carboxylic acids is 1. The van der Waals surface area contributed by atoms with Crippen LogP contribution in [0.2, 0.25) is 0 Å². The molecule has 0 aliphatic rings. The van der Waals surface area contributed by atoms with Gasteiger partial charge in [0, 0.05) is 23.3 Å². The van der Waals surface area contributed by atoms with E-state index in [1.165, 1.54) is 23.1 Å². The molecule has 2 aromatic carbocycles. The van der Waals surface area contributed by atoms with Gasteiger partial charge in [0.05, 0.1) is 11.1 Å². The number of nitrogens with one attached hydrogen (secondary N) is 1. The zero-order chi connectivity index (χ0) is 21.6. The number of benzene rings is 2. The zero-order valence-electron chi connectivity index (χ0n) is 16.0. The quantitative estimate of drug-likeness (QED) is 0.277. The third kappa shape index (κ3) is 4.85. The van der Waals surface area contributed by atoms with Crippen LogP contribution in [0.25, 0.3) is 22.7 Å². The molecule has 11 nitrogen and oxygen atoms in total. The van der Waals surface area contributed by atoms with E-state index in [4.69, 9.17) is 4.42 Å². The number of amides is 1. The van der Waals surface area contributed by atoms with Gasteiger partial charge in [-0.05, 0) is 29.5 Å². The molecule has 4 rings (SSSR count). The van der Waals surface area contributed by atoms with Gasteiger partial charge in [-0.2, -0.15) is 9.90 Å². The Bertz CT molecular complexity index is 1230. The van der Waals surface area contributed by atoms with Gasteiger partial charge in [-0.1, -0.05) is 30.3 Å². The first kappa shape index (κ1) is 19.6. The molecule has 0 radical (unpaired) electrons. The number of nitrogens with zero attached hydrogens (tertiary/aromatic N) is 6. The summed E-state index contributed by atoms with van der Waals surface area (Å²) in [5.41, 5.74) is 3.84. The Balaban J connectivity index is 1.32. The van der Waals surface area contributed by atoms with E-state index in [1.54, 1.807) is 24.3 Å². The highest BCUT2D eigenvalue weighted by Crippen LogP contribution is 2.24. The first-order chi connectivity index (χ1) is 15.1. The third-order valence-corrected chi connectivity index (χ3v) is 4.14. The molecule has 0 spiro atoms. The molecule has 2 heterocycles. The molecule has 4 aromatic rings. The van der Waals surface area contributed by atoms with Crippen LogP contribution >= 0.6 is 0 Å². The fraction of sp³-hybridized carbons (Fsp3) is 0.0500. The molecule has 0 fully saturated rings. The van der Waals surface area contributed by atoms with E-state index in [2.05, 4.69) is 25.9 Å². The van der Waals surface area contributed by atoms with Crippen molar-refractivity contribution in [1.82, 2.24) is 25.6 Å². The van der Waals surface area contributed by atoms with E-state index in [1.807, 2.05) is 30.3 Å². The van der Waals surface area contributed by atoms with Crippen LogP contribution in [0.15, 0.2) is 76.2 Å². The SMILES string of the molecule is O=C(Cn1nnc(-c2ccccc2)n1)N/N=C\c1ccc(-c2ccc([N+](=O)[O-])cc2)o1. The third-order valence-electron chi connectivity index (χ3n) is 4.14. The highest BCUT2D eigenvalue weighted by atomic mass is 16.6. The van der Waals surface area contributed by atoms with Crippen LogP contribution in [0.1, 0.15) is 5.76 Å². The molecule has 0 bridgehead atoms. The van der Waals surface area contributed by atoms with Crippen molar-refractivity contribution in [3.05, 3.63) is 82.6 Å². The maximum Gasteiger partial charge on any atom is 0.269 e. The fourth-order valence-electron chi connectivity index (χ4n) is 2.67. The molecule has 0 saturated heterocycles. The summed E-state index contributed by atoms with van der Waals surface area (Å²) >= 11 is 0. The summed E-state index contributed by atoms with van der Waals surface area (Å²) in [6.45, 7) is -0.149. The van der Waals surface area contributed by atoms with E-state index in [0.717, 1.165) is 5.56 Å². The fourth-order valence-corrected chi connectivity index (χ4v) is 2.67. The summed E-state index contributed by atoms with van der Waals surface area (Å²) in [7, 11) is 0. The first-order valence-corrected chi connectivity index (χ1v) is 9.08. The van der Waals surface area contributed by atoms with Crippen LogP contribution < -0.4 is 5.43 Å². The Morgan fingerprint density at radius 1 is 1.10 bits per heavy atom. The molecule has 154 valence electrons. The second kappa shape index (κ2) is 8.78. The average Bonchev–Trinajstić information content (AvgIpc) is 3.44. The highest BCUT2D eigenvalue weighted by Gasteiger charge is 2.10. The number of aromatic nitrogens is 4. The van der Waals surface area contributed by atoms with E-state index in [9.17, 15) is 14.9 Å². The number of tetrazole rings is 1. The van der Waals surface area contributed by atoms with Crippen LogP contribution in [0.3, 0.4) is 0 Å². The van der Waals surface area contributed by atoms with Crippen molar-refractivity contribution in [3.8, 4) is 22.7 Å². The maximum atomic E-state index is 12.0. The largest absolute Gasteiger partial charge is 0.455 e. The standard InChI is InChI=1S/C20H15N7O4/c28-19(13-26-24-20(23-25-26)15-4-2-1-3-5-15)22-21-12-17-10-11-18(31-17)14-6-8-16(9-7-14)27(29)30/h1-12H,13H2,(H,22,28)/b21-12-. The predicted octanol–water partition coefficient (Wildman–Crippen LogP) is 2.66. The minimum atomic E-state index is -0.468. The van der Waals surface area contributed by atoms with Gasteiger partial charge in [0.1, 0.15) is 18.1 Å². The van der Waals surface area contributed by atoms with E-state index >= 15 is 0 Å². The van der Waals surface area contributed by atoms with Crippen LogP contribution in [0, 0.1) is 10.1 Å². The zero-order valence-corrected chi connectivity index (χ0v) is 16.0. The Morgan fingerprint density at radius 2 is 1.87 bits per heavy atom. The lowest BCUT2D eigenvalue weighted by Crippen LogP contribution is -2.24. The number of hydrogen-bond acceptors (Lipinski definition) is 8. The molecule has 0 saturated carbocycles. The lowest BCUT2D eigenvalue weighted by molar-refractivity contribution is -0.384. The molecular weight excluding hydrogens is 402 g/mol. The molecule has 0 unspecified atom stereocenters. The van der Waals surface area contributed by atoms with Gasteiger partial charge in [-0.3, -0.25) is 14.9 Å². The Morgan fingerprint density at radius 3 is 2.61 bits per heavy atom. The smallest absolute Gasteiger partial charge is 0.269 e. The summed E-state index contributed by atoms with van der Waals surface area (Å²) in [6, 6.07) is 18.6. The predicted molar refractivity (Wildman–Crippen MR) is 110 cm³/mol. The lowest BCUT2D eigenvalue weighted by atomic mass is 10.1. The molecule has 0 aliphatic heterocycles. The van der Waals surface area contributed by atoms with Crippen molar-refractivity contribution in [2.75, 3.05) is 0 Å².